The Labute approximate surface area is 127 Å². The van der Waals surface area contributed by atoms with Gasteiger partial charge >= 0.3 is 5.97 Å². The Balaban J connectivity index is 1.87. The summed E-state index contributed by atoms with van der Waals surface area (Å²) < 4.78 is 0. The minimum atomic E-state index is -1.09. The monoisotopic (exact) mass is 297 g/mol. The molecule has 112 valence electrons. The molecule has 2 aromatic heterocycles. The molecule has 22 heavy (non-hydrogen) atoms. The van der Waals surface area contributed by atoms with Crippen LogP contribution in [0.1, 0.15) is 50.7 Å². The number of hydrogen-bond acceptors (Lipinski definition) is 4. The van der Waals surface area contributed by atoms with E-state index in [9.17, 15) is 9.59 Å². The van der Waals surface area contributed by atoms with Gasteiger partial charge in [0.15, 0.2) is 0 Å². The molecule has 2 aromatic rings. The quantitative estimate of drug-likeness (QED) is 0.905. The molecule has 1 aliphatic rings. The first-order valence-electron chi connectivity index (χ1n) is 7.02. The fraction of sp³-hybridized carbons (Fsp3) is 0.250. The molecule has 2 N–H and O–H groups in total. The van der Waals surface area contributed by atoms with Gasteiger partial charge in [0.2, 0.25) is 0 Å². The van der Waals surface area contributed by atoms with Gasteiger partial charge in [0.25, 0.3) is 5.91 Å². The number of pyridine rings is 2. The molecule has 0 aromatic carbocycles. The van der Waals surface area contributed by atoms with Crippen molar-refractivity contribution in [2.24, 2.45) is 0 Å². The third-order valence-electron chi connectivity index (χ3n) is 3.67. The topological polar surface area (TPSA) is 92.2 Å². The maximum absolute atomic E-state index is 12.3. The number of amides is 1. The minimum absolute atomic E-state index is 0.0276. The molecule has 0 bridgehead atoms. The van der Waals surface area contributed by atoms with Gasteiger partial charge in [0.1, 0.15) is 11.5 Å². The van der Waals surface area contributed by atoms with Crippen molar-refractivity contribution in [3.63, 3.8) is 0 Å². The predicted octanol–water partition coefficient (Wildman–Crippen LogP) is 2.61. The molecule has 0 unspecified atom stereocenters. The highest BCUT2D eigenvalue weighted by molar-refractivity contribution is 6.04. The van der Waals surface area contributed by atoms with Crippen LogP contribution in [-0.2, 0) is 0 Å². The number of carbonyl (C=O) groups is 2. The van der Waals surface area contributed by atoms with Gasteiger partial charge < -0.3 is 10.4 Å². The largest absolute Gasteiger partial charge is 0.478 e. The molecule has 0 radical (unpaired) electrons. The predicted molar refractivity (Wildman–Crippen MR) is 80.1 cm³/mol. The number of aromatic carboxylic acids is 1. The minimum Gasteiger partial charge on any atom is -0.478 e. The van der Waals surface area contributed by atoms with Crippen molar-refractivity contribution in [3.8, 4) is 0 Å². The maximum atomic E-state index is 12.3. The first-order valence-corrected chi connectivity index (χ1v) is 7.02. The van der Waals surface area contributed by atoms with Gasteiger partial charge in [-0.15, -0.1) is 0 Å². The van der Waals surface area contributed by atoms with E-state index in [2.05, 4.69) is 15.3 Å². The zero-order valence-electron chi connectivity index (χ0n) is 12.0. The van der Waals surface area contributed by atoms with E-state index in [1.54, 1.807) is 6.20 Å². The zero-order valence-corrected chi connectivity index (χ0v) is 12.0. The summed E-state index contributed by atoms with van der Waals surface area (Å²) in [5, 5.41) is 11.7. The number of aromatic nitrogens is 2. The van der Waals surface area contributed by atoms with Crippen LogP contribution in [0, 0.1) is 6.92 Å². The summed E-state index contributed by atoms with van der Waals surface area (Å²) in [5.41, 5.74) is 2.25. The number of carboxylic acid groups (broad SMARTS) is 1. The average molecular weight is 297 g/mol. The molecule has 3 rings (SSSR count). The first kappa shape index (κ1) is 14.2. The molecular weight excluding hydrogens is 282 g/mol. The second-order valence-corrected chi connectivity index (χ2v) is 5.35. The van der Waals surface area contributed by atoms with Gasteiger partial charge in [-0.3, -0.25) is 9.78 Å². The standard InChI is InChI=1S/C16H15N3O3/c1-9-4-6-18-14(13(9)10-2-3-10)19-15(20)12-8-11(16(21)22)5-7-17-12/h4-8,10H,2-3H2,1H3,(H,21,22)(H,18,19,20). The molecule has 6 nitrogen and oxygen atoms in total. The van der Waals surface area contributed by atoms with Crippen molar-refractivity contribution in [2.75, 3.05) is 5.32 Å². The van der Waals surface area contributed by atoms with E-state index in [4.69, 9.17) is 5.11 Å². The van der Waals surface area contributed by atoms with Crippen molar-refractivity contribution in [3.05, 3.63) is 53.0 Å². The number of carboxylic acids is 1. The van der Waals surface area contributed by atoms with Gasteiger partial charge in [0.05, 0.1) is 5.56 Å². The van der Waals surface area contributed by atoms with Crippen molar-refractivity contribution in [1.29, 1.82) is 0 Å². The Hall–Kier alpha value is -2.76. The summed E-state index contributed by atoms with van der Waals surface area (Å²) in [6, 6.07) is 4.52. The summed E-state index contributed by atoms with van der Waals surface area (Å²) in [6.07, 6.45) is 5.16. The van der Waals surface area contributed by atoms with Crippen molar-refractivity contribution < 1.29 is 14.7 Å². The molecule has 6 heteroatoms. The van der Waals surface area contributed by atoms with Crippen LogP contribution in [0.15, 0.2) is 30.6 Å². The average Bonchev–Trinajstić information content (AvgIpc) is 3.32. The van der Waals surface area contributed by atoms with E-state index in [1.165, 1.54) is 18.3 Å². The molecule has 2 heterocycles. The molecule has 1 amide bonds. The third kappa shape index (κ3) is 2.81. The normalized spacial score (nSPS) is 13.7. The van der Waals surface area contributed by atoms with Gasteiger partial charge in [-0.2, -0.15) is 0 Å². The van der Waals surface area contributed by atoms with E-state index < -0.39 is 11.9 Å². The highest BCUT2D eigenvalue weighted by atomic mass is 16.4. The zero-order chi connectivity index (χ0) is 15.7. The van der Waals surface area contributed by atoms with E-state index in [-0.39, 0.29) is 11.3 Å². The highest BCUT2D eigenvalue weighted by Gasteiger charge is 2.29. The number of nitrogens with one attached hydrogen (secondary N) is 1. The first-order chi connectivity index (χ1) is 10.6. The van der Waals surface area contributed by atoms with E-state index in [1.807, 2.05) is 13.0 Å². The summed E-state index contributed by atoms with van der Waals surface area (Å²) in [4.78, 5) is 31.4. The van der Waals surface area contributed by atoms with Crippen LogP contribution < -0.4 is 5.32 Å². The van der Waals surface area contributed by atoms with Gasteiger partial charge in [-0.1, -0.05) is 0 Å². The van der Waals surface area contributed by atoms with Crippen LogP contribution in [0.2, 0.25) is 0 Å². The Morgan fingerprint density at radius 3 is 2.64 bits per heavy atom. The Bertz CT molecular complexity index is 754. The molecule has 1 aliphatic carbocycles. The van der Waals surface area contributed by atoms with Crippen LogP contribution in [-0.4, -0.2) is 27.0 Å². The highest BCUT2D eigenvalue weighted by Crippen LogP contribution is 2.44. The Morgan fingerprint density at radius 1 is 1.23 bits per heavy atom. The molecule has 1 fully saturated rings. The summed E-state index contributed by atoms with van der Waals surface area (Å²) in [5.74, 6) is -0.566. The lowest BCUT2D eigenvalue weighted by atomic mass is 10.1. The number of aryl methyl sites for hydroxylation is 1. The number of nitrogens with zero attached hydrogens (tertiary/aromatic N) is 2. The fourth-order valence-corrected chi connectivity index (χ4v) is 2.42. The Morgan fingerprint density at radius 2 is 1.95 bits per heavy atom. The van der Waals surface area contributed by atoms with Crippen LogP contribution in [0.5, 0.6) is 0 Å². The smallest absolute Gasteiger partial charge is 0.335 e. The second kappa shape index (κ2) is 5.55. The summed E-state index contributed by atoms with van der Waals surface area (Å²) in [7, 11) is 0. The lowest BCUT2D eigenvalue weighted by molar-refractivity contribution is 0.0696. The molecule has 0 spiro atoms. The maximum Gasteiger partial charge on any atom is 0.335 e. The van der Waals surface area contributed by atoms with Crippen molar-refractivity contribution in [1.82, 2.24) is 9.97 Å². The van der Waals surface area contributed by atoms with Crippen LogP contribution in [0.25, 0.3) is 0 Å². The van der Waals surface area contributed by atoms with Crippen molar-refractivity contribution in [2.45, 2.75) is 25.7 Å². The van der Waals surface area contributed by atoms with Crippen LogP contribution >= 0.6 is 0 Å². The van der Waals surface area contributed by atoms with Gasteiger partial charge in [0, 0.05) is 18.0 Å². The third-order valence-corrected chi connectivity index (χ3v) is 3.67. The number of carbonyl (C=O) groups excluding carboxylic acids is 1. The lowest BCUT2D eigenvalue weighted by Crippen LogP contribution is -2.17. The number of hydrogen-bond donors (Lipinski definition) is 2. The number of rotatable bonds is 4. The van der Waals surface area contributed by atoms with Crippen LogP contribution in [0.4, 0.5) is 5.82 Å². The van der Waals surface area contributed by atoms with E-state index >= 15 is 0 Å². The second-order valence-electron chi connectivity index (χ2n) is 5.35. The lowest BCUT2D eigenvalue weighted by Gasteiger charge is -2.11. The SMILES string of the molecule is Cc1ccnc(NC(=O)c2cc(C(=O)O)ccn2)c1C1CC1. The Kier molecular flexibility index (Phi) is 3.58. The summed E-state index contributed by atoms with van der Waals surface area (Å²) in [6.45, 7) is 1.99. The van der Waals surface area contributed by atoms with Crippen LogP contribution in [0.3, 0.4) is 0 Å². The van der Waals surface area contributed by atoms with Gasteiger partial charge in [-0.05, 0) is 49.4 Å². The molecule has 0 saturated heterocycles. The van der Waals surface area contributed by atoms with Crippen molar-refractivity contribution >= 4 is 17.7 Å². The van der Waals surface area contributed by atoms with Gasteiger partial charge in [-0.25, -0.2) is 9.78 Å². The molecule has 0 atom stereocenters. The molecular formula is C16H15N3O3. The van der Waals surface area contributed by atoms with E-state index in [0.717, 1.165) is 24.0 Å². The molecule has 1 saturated carbocycles. The van der Waals surface area contributed by atoms with E-state index in [0.29, 0.717) is 11.7 Å². The molecule has 0 aliphatic heterocycles. The number of anilines is 1. The summed E-state index contributed by atoms with van der Waals surface area (Å²) >= 11 is 0. The fourth-order valence-electron chi connectivity index (χ4n) is 2.42.